The molecule has 1 aliphatic heterocycles. The molecule has 158 valence electrons. The molecule has 0 aliphatic carbocycles. The van der Waals surface area contributed by atoms with Crippen LogP contribution in [-0.2, 0) is 25.5 Å². The number of phenols is 2. The number of furan rings is 1. The highest BCUT2D eigenvalue weighted by Gasteiger charge is 2.26. The van der Waals surface area contributed by atoms with Gasteiger partial charge in [-0.1, -0.05) is 6.07 Å². The first kappa shape index (κ1) is 21.0. The first-order valence-corrected chi connectivity index (χ1v) is 9.19. The lowest BCUT2D eigenvalue weighted by Gasteiger charge is -2.06. The van der Waals surface area contributed by atoms with Crippen molar-refractivity contribution in [3.05, 3.63) is 53.8 Å². The van der Waals surface area contributed by atoms with Crippen LogP contribution in [0.4, 0.5) is 0 Å². The molecule has 0 bridgehead atoms. The zero-order valence-electron chi connectivity index (χ0n) is 16.6. The molecule has 8 heteroatoms. The molecule has 3 aromatic rings. The zero-order chi connectivity index (χ0) is 21.7. The number of esters is 2. The lowest BCUT2D eigenvalue weighted by atomic mass is 9.98. The lowest BCUT2D eigenvalue weighted by molar-refractivity contribution is -0.141. The summed E-state index contributed by atoms with van der Waals surface area (Å²) in [5.41, 5.74) is 2.28. The minimum absolute atomic E-state index is 0.0352. The summed E-state index contributed by atoms with van der Waals surface area (Å²) in [4.78, 5) is 22.2. The Balaban J connectivity index is 0.000000171. The van der Waals surface area contributed by atoms with E-state index in [1.54, 1.807) is 30.3 Å². The Labute approximate surface area is 172 Å². The Kier molecular flexibility index (Phi) is 6.46. The molecule has 0 amide bonds. The highest BCUT2D eigenvalue weighted by atomic mass is 16.5. The second-order valence-corrected chi connectivity index (χ2v) is 6.70. The fourth-order valence-corrected chi connectivity index (χ4v) is 3.16. The quantitative estimate of drug-likeness (QED) is 0.625. The van der Waals surface area contributed by atoms with Crippen molar-refractivity contribution < 1.29 is 38.4 Å². The van der Waals surface area contributed by atoms with E-state index in [2.05, 4.69) is 9.47 Å². The standard InChI is InChI=1S/C11H12O4.C11H10O4/c2*1-14-11(13)4-7-6-15-10-5-8(12)2-3-9(7)10/h2-3,5,7,12H,4,6H2,1H3;2-3,5-6,12H,4H2,1H3. The van der Waals surface area contributed by atoms with Gasteiger partial charge in [0.05, 0.1) is 39.9 Å². The number of carbonyl (C=O) groups excluding carboxylic acids is 2. The van der Waals surface area contributed by atoms with Crippen LogP contribution in [0.3, 0.4) is 0 Å². The van der Waals surface area contributed by atoms with Crippen molar-refractivity contribution in [1.29, 1.82) is 0 Å². The molecule has 4 rings (SSSR count). The highest BCUT2D eigenvalue weighted by Crippen LogP contribution is 2.37. The van der Waals surface area contributed by atoms with Gasteiger partial charge in [0.1, 0.15) is 22.8 Å². The predicted octanol–water partition coefficient (Wildman–Crippen LogP) is 3.29. The third kappa shape index (κ3) is 4.83. The Morgan fingerprint density at radius 3 is 2.47 bits per heavy atom. The first-order valence-electron chi connectivity index (χ1n) is 9.19. The summed E-state index contributed by atoms with van der Waals surface area (Å²) in [5.74, 6) is 0.446. The van der Waals surface area contributed by atoms with E-state index < -0.39 is 0 Å². The van der Waals surface area contributed by atoms with E-state index >= 15 is 0 Å². The number of fused-ring (bicyclic) bond motifs is 2. The third-order valence-electron chi connectivity index (χ3n) is 4.72. The second-order valence-electron chi connectivity index (χ2n) is 6.70. The first-order chi connectivity index (χ1) is 14.4. The molecule has 0 fully saturated rings. The Morgan fingerprint density at radius 2 is 1.73 bits per heavy atom. The van der Waals surface area contributed by atoms with Gasteiger partial charge in [-0.05, 0) is 18.2 Å². The van der Waals surface area contributed by atoms with E-state index in [0.717, 1.165) is 16.5 Å². The number of hydrogen-bond donors (Lipinski definition) is 2. The van der Waals surface area contributed by atoms with Crippen LogP contribution in [0.25, 0.3) is 11.0 Å². The molecule has 0 spiro atoms. The number of phenolic OH excluding ortho intramolecular Hbond substituents is 2. The fraction of sp³-hybridized carbons (Fsp3) is 0.273. The number of hydrogen-bond acceptors (Lipinski definition) is 8. The van der Waals surface area contributed by atoms with Crippen LogP contribution in [0.1, 0.15) is 23.5 Å². The molecular formula is C22H22O8. The number of rotatable bonds is 4. The summed E-state index contributed by atoms with van der Waals surface area (Å²) in [6.07, 6.45) is 1.99. The minimum Gasteiger partial charge on any atom is -0.508 e. The number of methoxy groups -OCH3 is 2. The second kappa shape index (κ2) is 9.21. The topological polar surface area (TPSA) is 115 Å². The normalized spacial score (nSPS) is 14.3. The van der Waals surface area contributed by atoms with Gasteiger partial charge in [0.2, 0.25) is 0 Å². The van der Waals surface area contributed by atoms with Gasteiger partial charge in [0.15, 0.2) is 0 Å². The van der Waals surface area contributed by atoms with Crippen molar-refractivity contribution in [2.24, 2.45) is 0 Å². The van der Waals surface area contributed by atoms with E-state index in [1.165, 1.54) is 26.5 Å². The molecule has 8 nitrogen and oxygen atoms in total. The molecule has 0 saturated carbocycles. The van der Waals surface area contributed by atoms with Gasteiger partial charge < -0.3 is 28.8 Å². The molecule has 1 aromatic heterocycles. The van der Waals surface area contributed by atoms with E-state index in [0.29, 0.717) is 24.4 Å². The number of aromatic hydroxyl groups is 2. The average molecular weight is 414 g/mol. The molecule has 2 N–H and O–H groups in total. The summed E-state index contributed by atoms with van der Waals surface area (Å²) in [5, 5.41) is 19.3. The van der Waals surface area contributed by atoms with Crippen molar-refractivity contribution in [2.75, 3.05) is 20.8 Å². The fourth-order valence-electron chi connectivity index (χ4n) is 3.16. The molecule has 1 unspecified atom stereocenters. The highest BCUT2D eigenvalue weighted by molar-refractivity contribution is 5.86. The smallest absolute Gasteiger partial charge is 0.310 e. The number of benzene rings is 2. The molecule has 1 aliphatic rings. The van der Waals surface area contributed by atoms with Gasteiger partial charge in [-0.2, -0.15) is 0 Å². The van der Waals surface area contributed by atoms with E-state index in [1.807, 2.05) is 0 Å². The summed E-state index contributed by atoms with van der Waals surface area (Å²) in [7, 11) is 2.71. The zero-order valence-corrected chi connectivity index (χ0v) is 16.6. The van der Waals surface area contributed by atoms with Crippen molar-refractivity contribution in [2.45, 2.75) is 18.8 Å². The summed E-state index contributed by atoms with van der Waals surface area (Å²) in [6.45, 7) is 0.466. The van der Waals surface area contributed by atoms with Gasteiger partial charge in [-0.25, -0.2) is 0 Å². The largest absolute Gasteiger partial charge is 0.508 e. The van der Waals surface area contributed by atoms with Crippen molar-refractivity contribution in [1.82, 2.24) is 0 Å². The van der Waals surface area contributed by atoms with E-state index in [9.17, 15) is 19.8 Å². The van der Waals surface area contributed by atoms with Crippen molar-refractivity contribution in [3.63, 3.8) is 0 Å². The molecule has 1 atom stereocenters. The summed E-state index contributed by atoms with van der Waals surface area (Å²) in [6, 6.07) is 9.72. The van der Waals surface area contributed by atoms with Gasteiger partial charge in [0, 0.05) is 34.6 Å². The van der Waals surface area contributed by atoms with Gasteiger partial charge in [-0.15, -0.1) is 0 Å². The molecular weight excluding hydrogens is 392 g/mol. The molecule has 2 heterocycles. The molecule has 0 radical (unpaired) electrons. The van der Waals surface area contributed by atoms with Crippen LogP contribution in [0.5, 0.6) is 17.2 Å². The van der Waals surface area contributed by atoms with Crippen LogP contribution in [0.15, 0.2) is 47.1 Å². The van der Waals surface area contributed by atoms with Crippen LogP contribution in [0.2, 0.25) is 0 Å². The predicted molar refractivity (Wildman–Crippen MR) is 107 cm³/mol. The summed E-state index contributed by atoms with van der Waals surface area (Å²) < 4.78 is 19.8. The maximum absolute atomic E-state index is 11.1. The van der Waals surface area contributed by atoms with Crippen molar-refractivity contribution >= 4 is 22.9 Å². The minimum atomic E-state index is -0.314. The van der Waals surface area contributed by atoms with Crippen LogP contribution in [0, 0.1) is 0 Å². The maximum Gasteiger partial charge on any atom is 0.310 e. The third-order valence-corrected chi connectivity index (χ3v) is 4.72. The molecule has 30 heavy (non-hydrogen) atoms. The van der Waals surface area contributed by atoms with Gasteiger partial charge in [0.25, 0.3) is 0 Å². The van der Waals surface area contributed by atoms with Crippen LogP contribution >= 0.6 is 0 Å². The van der Waals surface area contributed by atoms with Gasteiger partial charge in [-0.3, -0.25) is 9.59 Å². The Morgan fingerprint density at radius 1 is 1.03 bits per heavy atom. The summed E-state index contributed by atoms with van der Waals surface area (Å²) >= 11 is 0. The van der Waals surface area contributed by atoms with Crippen LogP contribution in [-0.4, -0.2) is 43.0 Å². The SMILES string of the molecule is COC(=O)CC1COc2cc(O)ccc21.COC(=O)Cc1coc2cc(O)ccc12. The van der Waals surface area contributed by atoms with Gasteiger partial charge >= 0.3 is 11.9 Å². The molecule has 0 saturated heterocycles. The monoisotopic (exact) mass is 414 g/mol. The average Bonchev–Trinajstić information content (AvgIpc) is 3.31. The number of ether oxygens (including phenoxy) is 3. The van der Waals surface area contributed by atoms with E-state index in [-0.39, 0.29) is 35.8 Å². The number of carbonyl (C=O) groups is 2. The maximum atomic E-state index is 11.1. The Hall–Kier alpha value is -3.68. The lowest BCUT2D eigenvalue weighted by Crippen LogP contribution is -2.09. The van der Waals surface area contributed by atoms with Crippen LogP contribution < -0.4 is 4.74 Å². The Bertz CT molecular complexity index is 1050. The van der Waals surface area contributed by atoms with Crippen molar-refractivity contribution in [3.8, 4) is 17.2 Å². The van der Waals surface area contributed by atoms with E-state index in [4.69, 9.17) is 9.15 Å². The molecule has 2 aromatic carbocycles.